The summed E-state index contributed by atoms with van der Waals surface area (Å²) in [4.78, 5) is 25.4. The van der Waals surface area contributed by atoms with Crippen molar-refractivity contribution in [1.29, 1.82) is 0 Å². The third kappa shape index (κ3) is 5.47. The largest absolute Gasteiger partial charge is 0.481 e. The normalized spacial score (nSPS) is 10.4. The van der Waals surface area contributed by atoms with Crippen LogP contribution in [-0.4, -0.2) is 23.8 Å². The Kier molecular flexibility index (Phi) is 7.22. The fraction of sp³-hybridized carbons (Fsp3) is 0.200. The van der Waals surface area contributed by atoms with Crippen LogP contribution in [0.3, 0.4) is 0 Å². The molecule has 0 spiro atoms. The van der Waals surface area contributed by atoms with E-state index in [1.165, 1.54) is 0 Å². The summed E-state index contributed by atoms with van der Waals surface area (Å²) in [6.45, 7) is 2.21. The van der Waals surface area contributed by atoms with E-state index in [-0.39, 0.29) is 13.0 Å². The zero-order valence-electron chi connectivity index (χ0n) is 17.0. The number of para-hydroxylation sites is 2. The molecule has 0 aliphatic carbocycles. The zero-order chi connectivity index (χ0) is 21.3. The third-order valence-electron chi connectivity index (χ3n) is 4.93. The highest BCUT2D eigenvalue weighted by molar-refractivity contribution is 5.95. The van der Waals surface area contributed by atoms with Crippen molar-refractivity contribution in [2.24, 2.45) is 0 Å². The summed E-state index contributed by atoms with van der Waals surface area (Å²) in [6.07, 6.45) is 0.949. The van der Waals surface area contributed by atoms with E-state index >= 15 is 0 Å². The van der Waals surface area contributed by atoms with Gasteiger partial charge in [0.1, 0.15) is 0 Å². The second kappa shape index (κ2) is 10.3. The van der Waals surface area contributed by atoms with Crippen LogP contribution in [0.25, 0.3) is 0 Å². The first-order valence-corrected chi connectivity index (χ1v) is 9.92. The molecule has 0 unspecified atom stereocenters. The first-order valence-electron chi connectivity index (χ1n) is 9.92. The van der Waals surface area contributed by atoms with Gasteiger partial charge in [0.15, 0.2) is 0 Å². The van der Waals surface area contributed by atoms with E-state index in [1.807, 2.05) is 85.8 Å². The molecule has 3 rings (SSSR count). The van der Waals surface area contributed by atoms with Crippen LogP contribution in [-0.2, 0) is 22.4 Å². The van der Waals surface area contributed by atoms with Gasteiger partial charge in [0.2, 0.25) is 0 Å². The minimum Gasteiger partial charge on any atom is -0.481 e. The smallest absolute Gasteiger partial charge is 0.418 e. The number of ether oxygens (including phenoxy) is 1. The van der Waals surface area contributed by atoms with Gasteiger partial charge >= 0.3 is 12.1 Å². The van der Waals surface area contributed by atoms with Crippen LogP contribution in [0.1, 0.15) is 23.1 Å². The van der Waals surface area contributed by atoms with E-state index in [0.717, 1.165) is 28.1 Å². The minimum absolute atomic E-state index is 0.0117. The van der Waals surface area contributed by atoms with Crippen molar-refractivity contribution in [3.63, 3.8) is 0 Å². The molecule has 1 amide bonds. The molecule has 5 heteroatoms. The number of rotatable bonds is 8. The molecular weight excluding hydrogens is 378 g/mol. The van der Waals surface area contributed by atoms with Gasteiger partial charge in [0.05, 0.1) is 24.4 Å². The lowest BCUT2D eigenvalue weighted by atomic mass is 9.97. The SMILES string of the molecule is Cc1c(CCCOC(=O)N(c2ccccc2)c2ccccc2)cccc1CC(=O)O. The van der Waals surface area contributed by atoms with Gasteiger partial charge in [-0.05, 0) is 60.7 Å². The highest BCUT2D eigenvalue weighted by Gasteiger charge is 2.19. The molecule has 3 aromatic rings. The van der Waals surface area contributed by atoms with Gasteiger partial charge in [-0.15, -0.1) is 0 Å². The average Bonchev–Trinajstić information content (AvgIpc) is 2.75. The third-order valence-corrected chi connectivity index (χ3v) is 4.93. The lowest BCUT2D eigenvalue weighted by Crippen LogP contribution is -2.27. The van der Waals surface area contributed by atoms with Crippen molar-refractivity contribution in [2.45, 2.75) is 26.2 Å². The van der Waals surface area contributed by atoms with Crippen LogP contribution >= 0.6 is 0 Å². The summed E-state index contributed by atoms with van der Waals surface area (Å²) in [5, 5.41) is 9.04. The van der Waals surface area contributed by atoms with E-state index in [9.17, 15) is 9.59 Å². The predicted molar refractivity (Wildman–Crippen MR) is 117 cm³/mol. The Balaban J connectivity index is 1.62. The Morgan fingerprint density at radius 1 is 0.833 bits per heavy atom. The second-order valence-corrected chi connectivity index (χ2v) is 7.00. The summed E-state index contributed by atoms with van der Waals surface area (Å²) in [6, 6.07) is 24.5. The molecule has 0 bridgehead atoms. The summed E-state index contributed by atoms with van der Waals surface area (Å²) in [7, 11) is 0. The molecule has 154 valence electrons. The van der Waals surface area contributed by atoms with Crippen LogP contribution in [0.15, 0.2) is 78.9 Å². The van der Waals surface area contributed by atoms with E-state index in [4.69, 9.17) is 9.84 Å². The topological polar surface area (TPSA) is 66.8 Å². The number of hydrogen-bond acceptors (Lipinski definition) is 3. The number of carbonyl (C=O) groups excluding carboxylic acids is 1. The van der Waals surface area contributed by atoms with Crippen LogP contribution in [0.4, 0.5) is 16.2 Å². The number of aryl methyl sites for hydroxylation is 1. The number of amides is 1. The number of anilines is 2. The lowest BCUT2D eigenvalue weighted by molar-refractivity contribution is -0.136. The van der Waals surface area contributed by atoms with Crippen molar-refractivity contribution >= 4 is 23.4 Å². The van der Waals surface area contributed by atoms with E-state index < -0.39 is 12.1 Å². The van der Waals surface area contributed by atoms with Crippen molar-refractivity contribution in [3.8, 4) is 0 Å². The maximum atomic E-state index is 12.8. The maximum Gasteiger partial charge on any atom is 0.418 e. The molecule has 0 aliphatic rings. The van der Waals surface area contributed by atoms with Gasteiger partial charge in [-0.25, -0.2) is 9.69 Å². The van der Waals surface area contributed by atoms with Crippen molar-refractivity contribution in [3.05, 3.63) is 95.6 Å². The molecule has 0 radical (unpaired) electrons. The highest BCUT2D eigenvalue weighted by atomic mass is 16.6. The van der Waals surface area contributed by atoms with Gasteiger partial charge in [0.25, 0.3) is 0 Å². The molecule has 0 saturated heterocycles. The fourth-order valence-electron chi connectivity index (χ4n) is 3.36. The summed E-state index contributed by atoms with van der Waals surface area (Å²) < 4.78 is 5.56. The summed E-state index contributed by atoms with van der Waals surface area (Å²) >= 11 is 0. The van der Waals surface area contributed by atoms with Gasteiger partial charge in [-0.2, -0.15) is 0 Å². The van der Waals surface area contributed by atoms with Crippen molar-refractivity contribution in [2.75, 3.05) is 11.5 Å². The minimum atomic E-state index is -0.842. The van der Waals surface area contributed by atoms with Gasteiger partial charge < -0.3 is 9.84 Å². The molecule has 0 fully saturated rings. The standard InChI is InChI=1S/C25H25NO4/c1-19-20(10-8-11-21(19)18-24(27)28)12-9-17-30-25(29)26(22-13-4-2-5-14-22)23-15-6-3-7-16-23/h2-8,10-11,13-16H,9,12,17-18H2,1H3,(H,27,28). The van der Waals surface area contributed by atoms with Crippen LogP contribution in [0, 0.1) is 6.92 Å². The van der Waals surface area contributed by atoms with Gasteiger partial charge in [-0.3, -0.25) is 4.79 Å². The summed E-state index contributed by atoms with van der Waals surface area (Å²) in [5.74, 6) is -0.842. The number of hydrogen-bond donors (Lipinski definition) is 1. The molecular formula is C25H25NO4. The Labute approximate surface area is 176 Å². The maximum absolute atomic E-state index is 12.8. The van der Waals surface area contributed by atoms with E-state index in [2.05, 4.69) is 0 Å². The molecule has 0 atom stereocenters. The first kappa shape index (κ1) is 21.1. The first-order chi connectivity index (χ1) is 14.6. The predicted octanol–water partition coefficient (Wildman–Crippen LogP) is 5.53. The molecule has 3 aromatic carbocycles. The Bertz CT molecular complexity index is 947. The van der Waals surface area contributed by atoms with Crippen LogP contribution < -0.4 is 4.90 Å². The number of carboxylic acid groups (broad SMARTS) is 1. The molecule has 1 N–H and O–H groups in total. The molecule has 0 saturated carbocycles. The van der Waals surface area contributed by atoms with Gasteiger partial charge in [0, 0.05) is 0 Å². The zero-order valence-corrected chi connectivity index (χ0v) is 17.0. The van der Waals surface area contributed by atoms with E-state index in [0.29, 0.717) is 12.8 Å². The van der Waals surface area contributed by atoms with Gasteiger partial charge in [-0.1, -0.05) is 54.6 Å². The second-order valence-electron chi connectivity index (χ2n) is 7.00. The number of carboxylic acids is 1. The number of benzene rings is 3. The van der Waals surface area contributed by atoms with Crippen LogP contribution in [0.2, 0.25) is 0 Å². The summed E-state index contributed by atoms with van der Waals surface area (Å²) in [5.41, 5.74) is 4.36. The molecule has 0 aliphatic heterocycles. The lowest BCUT2D eigenvalue weighted by Gasteiger charge is -2.22. The number of aliphatic carboxylic acids is 1. The average molecular weight is 403 g/mol. The quantitative estimate of drug-likeness (QED) is 0.502. The Morgan fingerprint density at radius 2 is 1.40 bits per heavy atom. The molecule has 30 heavy (non-hydrogen) atoms. The Morgan fingerprint density at radius 3 is 1.97 bits per heavy atom. The van der Waals surface area contributed by atoms with Crippen molar-refractivity contribution in [1.82, 2.24) is 0 Å². The number of carbonyl (C=O) groups is 2. The molecule has 5 nitrogen and oxygen atoms in total. The fourth-order valence-corrected chi connectivity index (χ4v) is 3.36. The van der Waals surface area contributed by atoms with E-state index in [1.54, 1.807) is 4.90 Å². The van der Waals surface area contributed by atoms with Crippen LogP contribution in [0.5, 0.6) is 0 Å². The molecule has 0 heterocycles. The Hall–Kier alpha value is -3.60. The monoisotopic (exact) mass is 403 g/mol. The number of nitrogens with zero attached hydrogens (tertiary/aromatic N) is 1. The van der Waals surface area contributed by atoms with Crippen molar-refractivity contribution < 1.29 is 19.4 Å². The highest BCUT2D eigenvalue weighted by Crippen LogP contribution is 2.26. The molecule has 0 aromatic heterocycles.